The van der Waals surface area contributed by atoms with Crippen molar-refractivity contribution in [3.8, 4) is 0 Å². The molecule has 0 radical (unpaired) electrons. The third-order valence-corrected chi connectivity index (χ3v) is 6.92. The number of nitrogens with zero attached hydrogens (tertiary/aromatic N) is 2. The van der Waals surface area contributed by atoms with Gasteiger partial charge < -0.3 is 5.32 Å². The first-order chi connectivity index (χ1) is 13.1. The monoisotopic (exact) mass is 369 g/mol. The molecule has 0 aromatic heterocycles. The van der Waals surface area contributed by atoms with Crippen molar-refractivity contribution >= 4 is 11.9 Å². The van der Waals surface area contributed by atoms with E-state index in [2.05, 4.69) is 47.5 Å². The van der Waals surface area contributed by atoms with Crippen molar-refractivity contribution in [3.05, 3.63) is 35.9 Å². The smallest absolute Gasteiger partial charge is 0.323 e. The van der Waals surface area contributed by atoms with Crippen LogP contribution >= 0.6 is 0 Å². The maximum Gasteiger partial charge on any atom is 0.326 e. The van der Waals surface area contributed by atoms with Crippen molar-refractivity contribution in [1.29, 1.82) is 0 Å². The number of likely N-dealkylation sites (tertiary alicyclic amines) is 1. The van der Waals surface area contributed by atoms with E-state index in [4.69, 9.17) is 0 Å². The second-order valence-corrected chi connectivity index (χ2v) is 8.67. The summed E-state index contributed by atoms with van der Waals surface area (Å²) >= 11 is 0. The number of benzene rings is 1. The van der Waals surface area contributed by atoms with E-state index in [1.165, 1.54) is 10.5 Å². The predicted molar refractivity (Wildman–Crippen MR) is 105 cm³/mol. The van der Waals surface area contributed by atoms with Crippen LogP contribution in [0.25, 0.3) is 0 Å². The van der Waals surface area contributed by atoms with Gasteiger partial charge in [0.05, 0.1) is 6.67 Å². The minimum atomic E-state index is -0.638. The minimum Gasteiger partial charge on any atom is -0.323 e. The van der Waals surface area contributed by atoms with Gasteiger partial charge in [-0.2, -0.15) is 0 Å². The molecule has 1 aliphatic carbocycles. The lowest BCUT2D eigenvalue weighted by molar-refractivity contribution is -0.135. The number of amides is 3. The zero-order valence-corrected chi connectivity index (χ0v) is 16.3. The van der Waals surface area contributed by atoms with Crippen LogP contribution in [-0.4, -0.2) is 47.0 Å². The maximum atomic E-state index is 13.1. The van der Waals surface area contributed by atoms with Gasteiger partial charge in [0.2, 0.25) is 0 Å². The summed E-state index contributed by atoms with van der Waals surface area (Å²) in [4.78, 5) is 29.4. The van der Waals surface area contributed by atoms with Gasteiger partial charge in [0.1, 0.15) is 5.54 Å². The number of urea groups is 1. The van der Waals surface area contributed by atoms with E-state index in [1.807, 2.05) is 0 Å². The van der Waals surface area contributed by atoms with Crippen LogP contribution in [0.15, 0.2) is 30.3 Å². The second-order valence-electron chi connectivity index (χ2n) is 8.67. The molecule has 146 valence electrons. The van der Waals surface area contributed by atoms with Crippen LogP contribution in [0.2, 0.25) is 0 Å². The molecule has 3 aliphatic rings. The zero-order chi connectivity index (χ0) is 18.9. The van der Waals surface area contributed by atoms with Crippen molar-refractivity contribution in [1.82, 2.24) is 15.1 Å². The van der Waals surface area contributed by atoms with E-state index in [0.717, 1.165) is 58.0 Å². The summed E-state index contributed by atoms with van der Waals surface area (Å²) in [5, 5.41) is 3.06. The van der Waals surface area contributed by atoms with Crippen LogP contribution < -0.4 is 5.32 Å². The number of piperidine rings is 1. The first kappa shape index (κ1) is 18.5. The molecule has 2 aliphatic heterocycles. The summed E-state index contributed by atoms with van der Waals surface area (Å²) in [7, 11) is 0. The largest absolute Gasteiger partial charge is 0.326 e. The Kier molecular flexibility index (Phi) is 5.22. The molecule has 0 unspecified atom stereocenters. The number of nitrogens with one attached hydrogen (secondary N) is 1. The summed E-state index contributed by atoms with van der Waals surface area (Å²) in [5.41, 5.74) is 0.763. The van der Waals surface area contributed by atoms with Crippen LogP contribution in [0.1, 0.15) is 51.0 Å². The van der Waals surface area contributed by atoms with E-state index < -0.39 is 5.54 Å². The third kappa shape index (κ3) is 3.62. The van der Waals surface area contributed by atoms with Crippen molar-refractivity contribution < 1.29 is 9.59 Å². The lowest BCUT2D eigenvalue weighted by Crippen LogP contribution is -2.54. The van der Waals surface area contributed by atoms with Gasteiger partial charge in [-0.3, -0.25) is 9.69 Å². The Bertz CT molecular complexity index is 684. The fourth-order valence-corrected chi connectivity index (χ4v) is 5.10. The highest BCUT2D eigenvalue weighted by Crippen LogP contribution is 2.38. The number of hydrogen-bond donors (Lipinski definition) is 1. The molecule has 3 amide bonds. The molecule has 1 aromatic carbocycles. The fourth-order valence-electron chi connectivity index (χ4n) is 5.10. The van der Waals surface area contributed by atoms with Crippen LogP contribution in [0, 0.1) is 11.8 Å². The Labute approximate surface area is 162 Å². The Morgan fingerprint density at radius 2 is 1.81 bits per heavy atom. The molecule has 1 N–H and O–H groups in total. The summed E-state index contributed by atoms with van der Waals surface area (Å²) in [6, 6.07) is 10.5. The molecule has 0 bridgehead atoms. The number of hydrogen-bond acceptors (Lipinski definition) is 3. The van der Waals surface area contributed by atoms with Crippen molar-refractivity contribution in [2.45, 2.75) is 57.4 Å². The first-order valence-corrected chi connectivity index (χ1v) is 10.5. The van der Waals surface area contributed by atoms with Crippen LogP contribution in [0.3, 0.4) is 0 Å². The van der Waals surface area contributed by atoms with Crippen LogP contribution in [-0.2, 0) is 11.2 Å². The lowest BCUT2D eigenvalue weighted by atomic mass is 9.73. The molecule has 1 aromatic rings. The molecule has 5 heteroatoms. The number of rotatable bonds is 4. The topological polar surface area (TPSA) is 52.7 Å². The maximum absolute atomic E-state index is 13.1. The number of imide groups is 1. The summed E-state index contributed by atoms with van der Waals surface area (Å²) < 4.78 is 0. The summed E-state index contributed by atoms with van der Waals surface area (Å²) in [6.45, 7) is 4.46. The highest BCUT2D eigenvalue weighted by atomic mass is 16.2. The fraction of sp³-hybridized carbons (Fsp3) is 0.636. The third-order valence-electron chi connectivity index (χ3n) is 6.92. The van der Waals surface area contributed by atoms with E-state index in [9.17, 15) is 9.59 Å². The molecule has 2 atom stereocenters. The van der Waals surface area contributed by atoms with E-state index in [0.29, 0.717) is 12.6 Å². The molecule has 1 saturated carbocycles. The van der Waals surface area contributed by atoms with Gasteiger partial charge >= 0.3 is 6.03 Å². The van der Waals surface area contributed by atoms with Crippen molar-refractivity contribution in [2.24, 2.45) is 11.8 Å². The number of carbonyl (C=O) groups excluding carboxylic acids is 2. The van der Waals surface area contributed by atoms with Crippen molar-refractivity contribution in [2.75, 3.05) is 19.8 Å². The highest BCUT2D eigenvalue weighted by Gasteiger charge is 2.55. The van der Waals surface area contributed by atoms with Gasteiger partial charge in [-0.05, 0) is 49.5 Å². The van der Waals surface area contributed by atoms with Gasteiger partial charge in [0, 0.05) is 13.1 Å². The first-order valence-electron chi connectivity index (χ1n) is 10.5. The Balaban J connectivity index is 1.32. The average molecular weight is 370 g/mol. The van der Waals surface area contributed by atoms with E-state index >= 15 is 0 Å². The molecule has 4 rings (SSSR count). The minimum absolute atomic E-state index is 0.00566. The van der Waals surface area contributed by atoms with E-state index in [1.54, 1.807) is 0 Å². The normalized spacial score (nSPS) is 30.1. The molecular formula is C22H31N3O2. The van der Waals surface area contributed by atoms with Gasteiger partial charge in [-0.15, -0.1) is 0 Å². The lowest BCUT2D eigenvalue weighted by Gasteiger charge is -2.37. The standard InChI is InChI=1S/C22H31N3O2/c1-17-7-5-6-12-22(17)20(26)25(21(27)23-22)16-24-13-10-19(11-14-24)15-18-8-3-2-4-9-18/h2-4,8-9,17,19H,5-7,10-16H2,1H3,(H,23,27)/t17-,22+/m0/s1. The molecule has 2 heterocycles. The second kappa shape index (κ2) is 7.63. The van der Waals surface area contributed by atoms with Gasteiger partial charge in [-0.25, -0.2) is 9.69 Å². The predicted octanol–water partition coefficient (Wildman–Crippen LogP) is 3.40. The molecule has 27 heavy (non-hydrogen) atoms. The van der Waals surface area contributed by atoms with Crippen LogP contribution in [0.4, 0.5) is 4.79 Å². The molecule has 3 fully saturated rings. The van der Waals surface area contributed by atoms with Crippen LogP contribution in [0.5, 0.6) is 0 Å². The van der Waals surface area contributed by atoms with Gasteiger partial charge in [0.15, 0.2) is 0 Å². The highest BCUT2D eigenvalue weighted by molar-refractivity contribution is 6.07. The summed E-state index contributed by atoms with van der Waals surface area (Å²) in [5.74, 6) is 0.923. The summed E-state index contributed by atoms with van der Waals surface area (Å²) in [6.07, 6.45) is 7.35. The Hall–Kier alpha value is -1.88. The number of carbonyl (C=O) groups is 2. The molecule has 2 saturated heterocycles. The van der Waals surface area contributed by atoms with Gasteiger partial charge in [-0.1, -0.05) is 50.1 Å². The SMILES string of the molecule is C[C@H]1CCCC[C@@]12NC(=O)N(CN1CCC(Cc3ccccc3)CC1)C2=O. The molecule has 1 spiro atoms. The average Bonchev–Trinajstić information content (AvgIpc) is 2.91. The Morgan fingerprint density at radius 1 is 1.07 bits per heavy atom. The quantitative estimate of drug-likeness (QED) is 0.828. The zero-order valence-electron chi connectivity index (χ0n) is 16.3. The molecular weight excluding hydrogens is 338 g/mol. The van der Waals surface area contributed by atoms with Gasteiger partial charge in [0.25, 0.3) is 5.91 Å². The van der Waals surface area contributed by atoms with Crippen molar-refractivity contribution in [3.63, 3.8) is 0 Å². The molecule has 5 nitrogen and oxygen atoms in total. The van der Waals surface area contributed by atoms with E-state index in [-0.39, 0.29) is 17.9 Å². The Morgan fingerprint density at radius 3 is 2.52 bits per heavy atom.